The Balaban J connectivity index is 1.67. The Morgan fingerprint density at radius 2 is 1.78 bits per heavy atom. The summed E-state index contributed by atoms with van der Waals surface area (Å²) < 4.78 is 5.62. The molecule has 0 aromatic rings. The number of hydrogen-bond donors (Lipinski definition) is 2. The number of aliphatic hydroxyl groups excluding tert-OH is 1. The van der Waals surface area contributed by atoms with E-state index in [1.165, 1.54) is 38.8 Å². The molecule has 0 unspecified atom stereocenters. The van der Waals surface area contributed by atoms with E-state index < -0.39 is 0 Å². The molecule has 1 heterocycles. The molecule has 0 amide bonds. The van der Waals surface area contributed by atoms with Crippen LogP contribution in [0.1, 0.15) is 38.5 Å². The zero-order valence-corrected chi connectivity index (χ0v) is 11.6. The Bertz CT molecular complexity index is 222. The highest BCUT2D eigenvalue weighted by Crippen LogP contribution is 2.26. The zero-order valence-electron chi connectivity index (χ0n) is 11.6. The standard InChI is InChI=1S/C14H28N2O2/c1-15-12-2-4-13(5-3-12)16-8-6-14(7-9-16)18-11-10-17/h12-15,17H,2-11H2,1H3. The summed E-state index contributed by atoms with van der Waals surface area (Å²) in [7, 11) is 2.08. The predicted molar refractivity (Wildman–Crippen MR) is 72.7 cm³/mol. The van der Waals surface area contributed by atoms with Gasteiger partial charge in [0.15, 0.2) is 0 Å². The predicted octanol–water partition coefficient (Wildman–Crippen LogP) is 0.990. The summed E-state index contributed by atoms with van der Waals surface area (Å²) in [5, 5.41) is 12.2. The van der Waals surface area contributed by atoms with Gasteiger partial charge in [-0.15, -0.1) is 0 Å². The molecule has 0 aromatic heterocycles. The van der Waals surface area contributed by atoms with Crippen molar-refractivity contribution in [1.82, 2.24) is 10.2 Å². The fourth-order valence-electron chi connectivity index (χ4n) is 3.36. The van der Waals surface area contributed by atoms with Gasteiger partial charge >= 0.3 is 0 Å². The minimum absolute atomic E-state index is 0.147. The molecular formula is C14H28N2O2. The maximum Gasteiger partial charge on any atom is 0.0701 e. The second kappa shape index (κ2) is 7.43. The van der Waals surface area contributed by atoms with Crippen molar-refractivity contribution in [3.63, 3.8) is 0 Å². The average molecular weight is 256 g/mol. The lowest BCUT2D eigenvalue weighted by atomic mass is 9.89. The third-order valence-corrected chi connectivity index (χ3v) is 4.54. The molecule has 2 fully saturated rings. The summed E-state index contributed by atoms with van der Waals surface area (Å²) in [4.78, 5) is 2.66. The van der Waals surface area contributed by atoms with Gasteiger partial charge in [0.2, 0.25) is 0 Å². The molecule has 0 radical (unpaired) electrons. The molecular weight excluding hydrogens is 228 g/mol. The lowest BCUT2D eigenvalue weighted by Gasteiger charge is -2.40. The average Bonchev–Trinajstić information content (AvgIpc) is 2.46. The Morgan fingerprint density at radius 3 is 2.33 bits per heavy atom. The van der Waals surface area contributed by atoms with Gasteiger partial charge in [0.05, 0.1) is 19.3 Å². The molecule has 0 bridgehead atoms. The van der Waals surface area contributed by atoms with Crippen molar-refractivity contribution in [3.8, 4) is 0 Å². The molecule has 1 aliphatic carbocycles. The van der Waals surface area contributed by atoms with Crippen LogP contribution in [0, 0.1) is 0 Å². The third-order valence-electron chi connectivity index (χ3n) is 4.54. The first-order valence-electron chi connectivity index (χ1n) is 7.47. The van der Waals surface area contributed by atoms with Crippen LogP contribution in [0.5, 0.6) is 0 Å². The van der Waals surface area contributed by atoms with E-state index in [4.69, 9.17) is 9.84 Å². The van der Waals surface area contributed by atoms with Gasteiger partial charge in [-0.25, -0.2) is 0 Å². The summed E-state index contributed by atoms with van der Waals surface area (Å²) in [6.07, 6.45) is 7.96. The highest BCUT2D eigenvalue weighted by molar-refractivity contribution is 4.85. The first kappa shape index (κ1) is 14.3. The topological polar surface area (TPSA) is 44.7 Å². The van der Waals surface area contributed by atoms with Crippen LogP contribution in [-0.2, 0) is 4.74 Å². The monoisotopic (exact) mass is 256 g/mol. The zero-order chi connectivity index (χ0) is 12.8. The summed E-state index contributed by atoms with van der Waals surface area (Å²) >= 11 is 0. The molecule has 0 atom stereocenters. The molecule has 2 N–H and O–H groups in total. The maximum atomic E-state index is 8.76. The highest BCUT2D eigenvalue weighted by Gasteiger charge is 2.28. The van der Waals surface area contributed by atoms with Crippen molar-refractivity contribution in [2.75, 3.05) is 33.4 Å². The molecule has 18 heavy (non-hydrogen) atoms. The van der Waals surface area contributed by atoms with E-state index in [1.807, 2.05) is 0 Å². The minimum atomic E-state index is 0.147. The largest absolute Gasteiger partial charge is 0.394 e. The van der Waals surface area contributed by atoms with E-state index in [0.717, 1.165) is 24.9 Å². The van der Waals surface area contributed by atoms with Crippen LogP contribution in [0.15, 0.2) is 0 Å². The van der Waals surface area contributed by atoms with Crippen molar-refractivity contribution in [3.05, 3.63) is 0 Å². The minimum Gasteiger partial charge on any atom is -0.394 e. The Kier molecular flexibility index (Phi) is 5.89. The molecule has 4 heteroatoms. The molecule has 2 rings (SSSR count). The smallest absolute Gasteiger partial charge is 0.0701 e. The van der Waals surface area contributed by atoms with Crippen LogP contribution in [0.3, 0.4) is 0 Å². The van der Waals surface area contributed by atoms with E-state index in [-0.39, 0.29) is 6.61 Å². The van der Waals surface area contributed by atoms with Crippen LogP contribution in [0.25, 0.3) is 0 Å². The van der Waals surface area contributed by atoms with Crippen molar-refractivity contribution in [2.24, 2.45) is 0 Å². The van der Waals surface area contributed by atoms with Gasteiger partial charge in [-0.1, -0.05) is 0 Å². The summed E-state index contributed by atoms with van der Waals surface area (Å²) in [6, 6.07) is 1.54. The number of ether oxygens (including phenoxy) is 1. The van der Waals surface area contributed by atoms with Crippen molar-refractivity contribution < 1.29 is 9.84 Å². The van der Waals surface area contributed by atoms with Gasteiger partial charge in [0, 0.05) is 25.2 Å². The van der Waals surface area contributed by atoms with E-state index >= 15 is 0 Å². The van der Waals surface area contributed by atoms with E-state index in [9.17, 15) is 0 Å². The van der Waals surface area contributed by atoms with Gasteiger partial charge in [-0.3, -0.25) is 0 Å². The first-order chi connectivity index (χ1) is 8.83. The molecule has 2 aliphatic rings. The van der Waals surface area contributed by atoms with Crippen LogP contribution in [0.2, 0.25) is 0 Å². The van der Waals surface area contributed by atoms with Gasteiger partial charge < -0.3 is 20.1 Å². The van der Waals surface area contributed by atoms with Crippen molar-refractivity contribution in [1.29, 1.82) is 0 Å². The lowest BCUT2D eigenvalue weighted by molar-refractivity contribution is -0.0189. The van der Waals surface area contributed by atoms with Gasteiger partial charge in [0.1, 0.15) is 0 Å². The van der Waals surface area contributed by atoms with Crippen LogP contribution in [0.4, 0.5) is 0 Å². The Hall–Kier alpha value is -0.160. The molecule has 0 aromatic carbocycles. The molecule has 1 aliphatic heterocycles. The fraction of sp³-hybridized carbons (Fsp3) is 1.00. The van der Waals surface area contributed by atoms with Gasteiger partial charge in [0.25, 0.3) is 0 Å². The first-order valence-corrected chi connectivity index (χ1v) is 7.47. The van der Waals surface area contributed by atoms with Crippen LogP contribution in [-0.4, -0.2) is 61.5 Å². The van der Waals surface area contributed by atoms with E-state index in [0.29, 0.717) is 12.7 Å². The van der Waals surface area contributed by atoms with Crippen molar-refractivity contribution >= 4 is 0 Å². The van der Waals surface area contributed by atoms with Crippen molar-refractivity contribution in [2.45, 2.75) is 56.7 Å². The van der Waals surface area contributed by atoms with Crippen LogP contribution < -0.4 is 5.32 Å². The third kappa shape index (κ3) is 3.92. The fourth-order valence-corrected chi connectivity index (χ4v) is 3.36. The molecule has 1 saturated carbocycles. The molecule has 1 saturated heterocycles. The molecule has 106 valence electrons. The summed E-state index contributed by atoms with van der Waals surface area (Å²) in [5.41, 5.74) is 0. The highest BCUT2D eigenvalue weighted by atomic mass is 16.5. The number of aliphatic hydroxyl groups is 1. The van der Waals surface area contributed by atoms with E-state index in [2.05, 4.69) is 17.3 Å². The number of nitrogens with one attached hydrogen (secondary N) is 1. The number of piperidine rings is 1. The molecule has 0 spiro atoms. The number of nitrogens with zero attached hydrogens (tertiary/aromatic N) is 1. The summed E-state index contributed by atoms with van der Waals surface area (Å²) in [5.74, 6) is 0. The number of hydrogen-bond acceptors (Lipinski definition) is 4. The van der Waals surface area contributed by atoms with E-state index in [1.54, 1.807) is 0 Å². The number of likely N-dealkylation sites (tertiary alicyclic amines) is 1. The number of rotatable bonds is 5. The second-order valence-electron chi connectivity index (χ2n) is 5.62. The Morgan fingerprint density at radius 1 is 1.11 bits per heavy atom. The SMILES string of the molecule is CNC1CCC(N2CCC(OCCO)CC2)CC1. The Labute approximate surface area is 111 Å². The van der Waals surface area contributed by atoms with Gasteiger partial charge in [-0.2, -0.15) is 0 Å². The van der Waals surface area contributed by atoms with Gasteiger partial charge in [-0.05, 0) is 45.6 Å². The normalized spacial score (nSPS) is 31.7. The second-order valence-corrected chi connectivity index (χ2v) is 5.62. The maximum absolute atomic E-state index is 8.76. The lowest BCUT2D eigenvalue weighted by Crippen LogP contribution is -2.46. The quantitative estimate of drug-likeness (QED) is 0.770. The van der Waals surface area contributed by atoms with Crippen LogP contribution >= 0.6 is 0 Å². The molecule has 4 nitrogen and oxygen atoms in total. The summed E-state index contributed by atoms with van der Waals surface area (Å²) in [6.45, 7) is 2.99.